The molecule has 23 rings (SSSR count). The van der Waals surface area contributed by atoms with Gasteiger partial charge in [0.25, 0.3) is 0 Å². The normalized spacial score (nSPS) is 44.6. The van der Waals surface area contributed by atoms with Gasteiger partial charge in [-0.1, -0.05) is 177 Å². The Hall–Kier alpha value is -5.25. The van der Waals surface area contributed by atoms with E-state index < -0.39 is 17.2 Å². The van der Waals surface area contributed by atoms with E-state index in [0.717, 1.165) is 148 Å². The fourth-order valence-corrected chi connectivity index (χ4v) is 33.4. The molecule has 0 bridgehead atoms. The number of aliphatic hydroxyl groups is 3. The van der Waals surface area contributed by atoms with E-state index in [-0.39, 0.29) is 159 Å². The Bertz CT molecular complexity index is 5010. The number of ether oxygens (including phenoxy) is 9. The van der Waals surface area contributed by atoms with Gasteiger partial charge in [0.2, 0.25) is 0 Å². The van der Waals surface area contributed by atoms with E-state index >= 15 is 0 Å². The fraction of sp³-hybridized carbons (Fsp3) is 0.681. The standard InChI is InChI=1S/C23H31BrO4.C23H32O4.C21H28O3.C21H26O3.C21H26O2.C2H2.C2H.BrH.Mg/c1-14(25)28-16-6-8-21(2)15(12-16)4-5-17-18(21)7-9-22(3)19(17)13-20(24)23(22)26-10-11-27-23;1-15(24)27-17-6-9-21(2)16(14-17)4-5-18-19(21)7-10-22(3)20(18)8-11-23(22)25-12-13-26-23;1-19-8-5-15(22)13-14(19)3-4-16-17(19)6-9-20(2)18(16)7-10-21(20)23-11-12-24-21;1-13(22)24-15-8-10-20(2)14(12-15)4-5-16-17-6-7-19(23)21(17,3)11-9-18(16)20;1-4-21(23)12-9-18-16-6-5-14-13-15(22)7-10-19(14,2)17(16)8-11-20(18,21)3;2*1-2;;/h6,8,15-16,18,20H,4-5,7,9-13H2,1-3H3;6,9,16-17,19H,4-5,7-8,10-14H2,1-3H3;5,7-8,10,14-15,17,22H,3-4,6,9,11-13H2,1-2H3;6-8,10,14-15,18H,4-5,9,11-12H2,1-3H3;1,7,9-10,12,14-15,17,22-23H,5-6,8,11,13H2,2-3H3;1-2H;1H;1H;/q;;;;;;-1;;+2/p-1/t15?,16?,18?,20?,21-,22-;16?,17?,19?,21-,22-;14?,15?,17?,19-,20-;14?,15?,18?,20-,21-;14?,15?,17?,19-,20-,21-;;;;/m00000..../s1. The van der Waals surface area contributed by atoms with Crippen LogP contribution in [0.5, 0.6) is 0 Å². The summed E-state index contributed by atoms with van der Waals surface area (Å²) in [5, 5.41) is 30.9. The van der Waals surface area contributed by atoms with Gasteiger partial charge in [-0.3, -0.25) is 19.2 Å². The molecule has 0 radical (unpaired) electrons. The van der Waals surface area contributed by atoms with Gasteiger partial charge < -0.3 is 87.8 Å². The van der Waals surface area contributed by atoms with Crippen molar-refractivity contribution in [3.05, 3.63) is 159 Å². The van der Waals surface area contributed by atoms with E-state index in [0.29, 0.717) is 85.6 Å². The fourth-order valence-electron chi connectivity index (χ4n) is 32.3. The van der Waals surface area contributed by atoms with Gasteiger partial charge in [-0.2, -0.15) is 0 Å². The Morgan fingerprint density at radius 3 is 1.23 bits per heavy atom. The quantitative estimate of drug-likeness (QED) is 0.0456. The van der Waals surface area contributed by atoms with E-state index in [9.17, 15) is 34.5 Å². The maximum Gasteiger partial charge on any atom is 2.00 e. The number of fused-ring (bicyclic) bond motifs is 23. The maximum absolute atomic E-state index is 12.3. The summed E-state index contributed by atoms with van der Waals surface area (Å²) in [6, 6.07) is 0. The van der Waals surface area contributed by atoms with Gasteiger partial charge >= 0.3 is 41.0 Å². The van der Waals surface area contributed by atoms with Gasteiger partial charge in [-0.25, -0.2) is 0 Å². The zero-order valence-electron chi connectivity index (χ0n) is 80.9. The molecule has 0 aromatic heterocycles. The Morgan fingerprint density at radius 2 is 0.780 bits per heavy atom. The average molecular weight is 1940 g/mol. The van der Waals surface area contributed by atoms with Gasteiger partial charge in [-0.15, -0.1) is 19.3 Å². The average Bonchev–Trinajstić information content (AvgIpc) is 1.52. The Labute approximate surface area is 822 Å². The predicted octanol–water partition coefficient (Wildman–Crippen LogP) is 17.8. The minimum absolute atomic E-state index is 0. The van der Waals surface area contributed by atoms with Crippen molar-refractivity contribution in [2.45, 2.75) is 328 Å². The summed E-state index contributed by atoms with van der Waals surface area (Å²) in [6.45, 7) is 32.2. The summed E-state index contributed by atoms with van der Waals surface area (Å²) in [7, 11) is 0. The molecule has 3 saturated heterocycles. The number of halogens is 2. The van der Waals surface area contributed by atoms with Crippen LogP contribution in [0.1, 0.15) is 270 Å². The summed E-state index contributed by atoms with van der Waals surface area (Å²) >= 11 is 3.93. The zero-order chi connectivity index (χ0) is 92.7. The molecule has 0 aromatic carbocycles. The van der Waals surface area contributed by atoms with Crippen LogP contribution in [0.4, 0.5) is 0 Å². The predicted molar refractivity (Wildman–Crippen MR) is 511 cm³/mol. The number of allylic oxidation sites excluding steroid dienone is 15. The molecule has 23 aliphatic rings. The van der Waals surface area contributed by atoms with Crippen molar-refractivity contribution in [3.63, 3.8) is 0 Å². The number of terminal acetylenes is 3. The first kappa shape index (κ1) is 101. The number of hydrogen-bond donors (Lipinski definition) is 3. The van der Waals surface area contributed by atoms with E-state index in [4.69, 9.17) is 55.5 Å². The molecule has 0 aromatic rings. The molecule has 3 heterocycles. The van der Waals surface area contributed by atoms with E-state index in [2.05, 4.69) is 183 Å². The monoisotopic (exact) mass is 1940 g/mol. The molecule has 3 spiro atoms. The molecule has 19 heteroatoms. The topological polar surface area (TPSA) is 212 Å². The maximum atomic E-state index is 12.3. The second kappa shape index (κ2) is 37.4. The van der Waals surface area contributed by atoms with Crippen LogP contribution in [0.15, 0.2) is 153 Å². The molecule has 16 unspecified atom stereocenters. The van der Waals surface area contributed by atoms with Gasteiger partial charge in [0, 0.05) is 43.4 Å². The molecule has 132 heavy (non-hydrogen) atoms. The smallest absolute Gasteiger partial charge is 1.00 e. The van der Waals surface area contributed by atoms with Gasteiger partial charge in [0.1, 0.15) is 18.3 Å². The molecule has 0 amide bonds. The van der Waals surface area contributed by atoms with Crippen molar-refractivity contribution in [1.29, 1.82) is 0 Å². The molecule has 27 atom stereocenters. The third-order valence-electron chi connectivity index (χ3n) is 39.6. The van der Waals surface area contributed by atoms with Crippen LogP contribution in [0.25, 0.3) is 0 Å². The van der Waals surface area contributed by atoms with Crippen molar-refractivity contribution in [1.82, 2.24) is 0 Å². The molecular weight excluding hydrogens is 1800 g/mol. The summed E-state index contributed by atoms with van der Waals surface area (Å²) in [4.78, 5) is 46.6. The van der Waals surface area contributed by atoms with Gasteiger partial charge in [0.15, 0.2) is 28.7 Å². The molecule has 3 aliphatic heterocycles. The number of rotatable bonds is 3. The van der Waals surface area contributed by atoms with Crippen LogP contribution in [0.3, 0.4) is 0 Å². The van der Waals surface area contributed by atoms with Crippen LogP contribution < -0.4 is 17.0 Å². The van der Waals surface area contributed by atoms with Crippen molar-refractivity contribution >= 4 is 62.7 Å². The number of carbonyl (C=O) groups excluding carboxylic acids is 4. The largest absolute Gasteiger partial charge is 2.00 e. The Kier molecular flexibility index (Phi) is 28.7. The van der Waals surface area contributed by atoms with Crippen molar-refractivity contribution in [3.8, 4) is 31.6 Å². The second-order valence-electron chi connectivity index (χ2n) is 45.1. The van der Waals surface area contributed by atoms with Crippen LogP contribution >= 0.6 is 15.9 Å². The molecule has 710 valence electrons. The van der Waals surface area contributed by atoms with Gasteiger partial charge in [0.05, 0.1) is 67.5 Å². The minimum atomic E-state index is -1.14. The summed E-state index contributed by atoms with van der Waals surface area (Å²) < 4.78 is 53.7. The summed E-state index contributed by atoms with van der Waals surface area (Å²) in [5.74, 6) is 6.72. The SMILES string of the molecule is C#C.C#C[C@]1(O)C=CC2=C3CCC4CC(O)C=C[C@]4(C)C3CC[C@@]21C.CC(=O)OC1C=C[C@@]2(C)C(CCC3=C4C=CC(=O)[C@@]4(C)CCC32)C1.CC(=O)OC1C=C[C@@]2(C)C(CCC3=C4CC(Br)C5(OCCO5)[C@@]4(C)CCC32)C1.CC(=O)OC1C=C[C@@]2(C)C(CCC3=C4CCC5(OCCO5)[C@@]4(C)CCC32)C1.C[C@]12C=CC(O)CC1CCC1=C3C=CC4(OCCO4)[C@@]3(C)CCC12.[Br-].[C-]#C.[Mg+2]. The molecular formula is C113H146Br2MgO16. The molecule has 10 fully saturated rings. The van der Waals surface area contributed by atoms with Crippen molar-refractivity contribution in [2.75, 3.05) is 39.6 Å². The number of hydrogen-bond acceptors (Lipinski definition) is 16. The Morgan fingerprint density at radius 1 is 0.424 bits per heavy atom. The zero-order valence-corrected chi connectivity index (χ0v) is 85.5. The van der Waals surface area contributed by atoms with Crippen LogP contribution in [-0.4, -0.2) is 160 Å². The molecule has 3 N–H and O–H groups in total. The number of esters is 3. The number of aliphatic hydroxyl groups excluding tert-OH is 2. The summed E-state index contributed by atoms with van der Waals surface area (Å²) in [6.07, 6.45) is 86.6. The van der Waals surface area contributed by atoms with Crippen molar-refractivity contribution in [2.24, 2.45) is 113 Å². The van der Waals surface area contributed by atoms with Crippen LogP contribution in [0, 0.1) is 151 Å². The number of alkyl halides is 1. The Balaban J connectivity index is 0.000000125. The minimum Gasteiger partial charge on any atom is -1.00 e. The third-order valence-corrected chi connectivity index (χ3v) is 40.5. The first-order valence-corrected chi connectivity index (χ1v) is 50.7. The molecule has 7 saturated carbocycles. The number of ketones is 1. The van der Waals surface area contributed by atoms with E-state index in [1.54, 1.807) is 33.9 Å². The number of carbonyl (C=O) groups is 4. The van der Waals surface area contributed by atoms with Crippen LogP contribution in [0.2, 0.25) is 0 Å². The van der Waals surface area contributed by atoms with Gasteiger partial charge in [-0.05, 0) is 327 Å². The van der Waals surface area contributed by atoms with E-state index in [1.165, 1.54) is 93.6 Å². The first-order chi connectivity index (χ1) is 61.8. The second-order valence-corrected chi connectivity index (χ2v) is 46.2. The third kappa shape index (κ3) is 15.9. The molecule has 16 nitrogen and oxygen atoms in total. The van der Waals surface area contributed by atoms with E-state index in [1.807, 2.05) is 18.2 Å². The van der Waals surface area contributed by atoms with Crippen LogP contribution in [-0.2, 0) is 61.8 Å². The van der Waals surface area contributed by atoms with Crippen molar-refractivity contribution < 1.29 is 94.1 Å². The molecule has 20 aliphatic carbocycles. The first-order valence-electron chi connectivity index (χ1n) is 49.8. The summed E-state index contributed by atoms with van der Waals surface area (Å²) in [5.41, 5.74) is 14.4.